The number of benzene rings is 2. The number of halogens is 1. The second-order valence-electron chi connectivity index (χ2n) is 6.57. The van der Waals surface area contributed by atoms with Crippen molar-refractivity contribution >= 4 is 29.9 Å². The first-order valence-corrected chi connectivity index (χ1v) is 9.55. The first kappa shape index (κ1) is 25.0. The molecule has 0 heterocycles. The average Bonchev–Trinajstić information content (AvgIpc) is 2.71. The molecule has 0 bridgehead atoms. The topological polar surface area (TPSA) is 58.1 Å². The molecular weight excluding hydrogens is 479 g/mol. The predicted octanol–water partition coefficient (Wildman–Crippen LogP) is 3.68. The fraction of sp³-hybridized carbons (Fsp3) is 0.409. The minimum absolute atomic E-state index is 0. The molecule has 0 aromatic heterocycles. The van der Waals surface area contributed by atoms with Gasteiger partial charge < -0.3 is 25.0 Å². The van der Waals surface area contributed by atoms with Gasteiger partial charge in [-0.3, -0.25) is 4.99 Å². The van der Waals surface area contributed by atoms with Crippen molar-refractivity contribution in [2.75, 3.05) is 41.4 Å². The third kappa shape index (κ3) is 7.40. The highest BCUT2D eigenvalue weighted by Gasteiger charge is 2.18. The number of nitrogens with zero attached hydrogens (tertiary/aromatic N) is 2. The number of methoxy groups -OCH3 is 1. The SMILES string of the molecule is CCOc1ccccc1CNC(=NC)NCC(c1ccccc1OC)N(C)C.I. The van der Waals surface area contributed by atoms with E-state index in [0.29, 0.717) is 19.7 Å². The van der Waals surface area contributed by atoms with Gasteiger partial charge in [0.2, 0.25) is 0 Å². The molecular formula is C22H33IN4O2. The van der Waals surface area contributed by atoms with Crippen LogP contribution in [0.4, 0.5) is 0 Å². The molecule has 0 aliphatic heterocycles. The molecule has 1 atom stereocenters. The van der Waals surface area contributed by atoms with Crippen molar-refractivity contribution in [1.29, 1.82) is 0 Å². The quantitative estimate of drug-likeness (QED) is 0.305. The number of para-hydroxylation sites is 2. The van der Waals surface area contributed by atoms with Gasteiger partial charge in [0.1, 0.15) is 11.5 Å². The maximum Gasteiger partial charge on any atom is 0.191 e. The first-order valence-electron chi connectivity index (χ1n) is 9.55. The molecule has 0 fully saturated rings. The molecule has 0 radical (unpaired) electrons. The van der Waals surface area contributed by atoms with E-state index in [1.807, 2.05) is 43.3 Å². The maximum atomic E-state index is 5.70. The Hall–Kier alpha value is -2.00. The highest BCUT2D eigenvalue weighted by atomic mass is 127. The van der Waals surface area contributed by atoms with Gasteiger partial charge in [0, 0.05) is 31.3 Å². The van der Waals surface area contributed by atoms with Crippen LogP contribution in [0.15, 0.2) is 53.5 Å². The summed E-state index contributed by atoms with van der Waals surface area (Å²) in [6.07, 6.45) is 0. The largest absolute Gasteiger partial charge is 0.496 e. The zero-order valence-electron chi connectivity index (χ0n) is 17.9. The molecule has 0 aliphatic rings. The lowest BCUT2D eigenvalue weighted by molar-refractivity contribution is 0.287. The smallest absolute Gasteiger partial charge is 0.191 e. The van der Waals surface area contributed by atoms with Crippen molar-refractivity contribution in [1.82, 2.24) is 15.5 Å². The molecule has 0 saturated carbocycles. The summed E-state index contributed by atoms with van der Waals surface area (Å²) in [7, 11) is 7.60. The van der Waals surface area contributed by atoms with Gasteiger partial charge in [-0.2, -0.15) is 0 Å². The third-order valence-electron chi connectivity index (χ3n) is 4.53. The highest BCUT2D eigenvalue weighted by molar-refractivity contribution is 14.0. The normalized spacial score (nSPS) is 12.1. The fourth-order valence-corrected chi connectivity index (χ4v) is 3.05. The Labute approximate surface area is 191 Å². The zero-order chi connectivity index (χ0) is 20.4. The molecule has 2 N–H and O–H groups in total. The van der Waals surface area contributed by atoms with Gasteiger partial charge in [-0.1, -0.05) is 36.4 Å². The Morgan fingerprint density at radius 1 is 1.03 bits per heavy atom. The van der Waals surface area contributed by atoms with Crippen molar-refractivity contribution in [3.8, 4) is 11.5 Å². The number of hydrogen-bond donors (Lipinski definition) is 2. The summed E-state index contributed by atoms with van der Waals surface area (Å²) in [5.74, 6) is 2.53. The van der Waals surface area contributed by atoms with Crippen LogP contribution in [-0.2, 0) is 6.54 Å². The molecule has 7 heteroatoms. The molecule has 0 spiro atoms. The van der Waals surface area contributed by atoms with E-state index < -0.39 is 0 Å². The molecule has 6 nitrogen and oxygen atoms in total. The number of hydrogen-bond acceptors (Lipinski definition) is 4. The number of ether oxygens (including phenoxy) is 2. The Morgan fingerprint density at radius 2 is 1.69 bits per heavy atom. The highest BCUT2D eigenvalue weighted by Crippen LogP contribution is 2.27. The van der Waals surface area contributed by atoms with Crippen LogP contribution in [0.3, 0.4) is 0 Å². The minimum Gasteiger partial charge on any atom is -0.496 e. The van der Waals surface area contributed by atoms with Crippen LogP contribution < -0.4 is 20.1 Å². The molecule has 0 aliphatic carbocycles. The van der Waals surface area contributed by atoms with E-state index in [0.717, 1.165) is 28.6 Å². The van der Waals surface area contributed by atoms with Crippen LogP contribution in [-0.4, -0.2) is 52.3 Å². The standard InChI is InChI=1S/C22H32N4O2.HI/c1-6-28-20-13-9-7-11-17(20)15-24-22(23-2)25-16-19(26(3)4)18-12-8-10-14-21(18)27-5;/h7-14,19H,6,15-16H2,1-5H3,(H2,23,24,25);1H. The van der Waals surface area contributed by atoms with Gasteiger partial charge in [-0.05, 0) is 33.2 Å². The Kier molecular flexibility index (Phi) is 11.5. The average molecular weight is 512 g/mol. The van der Waals surface area contributed by atoms with Crippen molar-refractivity contribution in [2.45, 2.75) is 19.5 Å². The van der Waals surface area contributed by atoms with Gasteiger partial charge >= 0.3 is 0 Å². The van der Waals surface area contributed by atoms with E-state index in [1.54, 1.807) is 14.2 Å². The monoisotopic (exact) mass is 512 g/mol. The van der Waals surface area contributed by atoms with E-state index in [2.05, 4.69) is 46.8 Å². The zero-order valence-corrected chi connectivity index (χ0v) is 20.3. The van der Waals surface area contributed by atoms with Gasteiger partial charge in [0.15, 0.2) is 5.96 Å². The van der Waals surface area contributed by atoms with Crippen LogP contribution >= 0.6 is 24.0 Å². The lowest BCUT2D eigenvalue weighted by Gasteiger charge is -2.27. The van der Waals surface area contributed by atoms with E-state index in [1.165, 1.54) is 0 Å². The molecule has 2 rings (SSSR count). The molecule has 2 aromatic carbocycles. The minimum atomic E-state index is 0. The fourth-order valence-electron chi connectivity index (χ4n) is 3.05. The number of likely N-dealkylation sites (N-methyl/N-ethyl adjacent to an activating group) is 1. The Bertz CT molecular complexity index is 768. The van der Waals surface area contributed by atoms with Crippen LogP contribution in [0.2, 0.25) is 0 Å². The van der Waals surface area contributed by atoms with Crippen molar-refractivity contribution in [2.24, 2.45) is 4.99 Å². The molecule has 1 unspecified atom stereocenters. The molecule has 0 amide bonds. The van der Waals surface area contributed by atoms with Crippen LogP contribution in [0.1, 0.15) is 24.1 Å². The lowest BCUT2D eigenvalue weighted by atomic mass is 10.0. The van der Waals surface area contributed by atoms with Gasteiger partial charge in [-0.15, -0.1) is 24.0 Å². The molecule has 2 aromatic rings. The van der Waals surface area contributed by atoms with Crippen molar-refractivity contribution in [3.63, 3.8) is 0 Å². The molecule has 29 heavy (non-hydrogen) atoms. The number of nitrogens with one attached hydrogen (secondary N) is 2. The van der Waals surface area contributed by atoms with E-state index in [4.69, 9.17) is 9.47 Å². The summed E-state index contributed by atoms with van der Waals surface area (Å²) in [5, 5.41) is 6.79. The summed E-state index contributed by atoms with van der Waals surface area (Å²) in [6, 6.07) is 16.3. The van der Waals surface area contributed by atoms with Gasteiger partial charge in [0.25, 0.3) is 0 Å². The predicted molar refractivity (Wildman–Crippen MR) is 131 cm³/mol. The number of aliphatic imine (C=N–C) groups is 1. The van der Waals surface area contributed by atoms with Crippen molar-refractivity contribution < 1.29 is 9.47 Å². The van der Waals surface area contributed by atoms with Crippen LogP contribution in [0, 0.1) is 0 Å². The number of rotatable bonds is 9. The summed E-state index contributed by atoms with van der Waals surface area (Å²) in [5.41, 5.74) is 2.24. The van der Waals surface area contributed by atoms with E-state index in [-0.39, 0.29) is 30.0 Å². The van der Waals surface area contributed by atoms with Crippen LogP contribution in [0.25, 0.3) is 0 Å². The maximum absolute atomic E-state index is 5.70. The van der Waals surface area contributed by atoms with Gasteiger partial charge in [-0.25, -0.2) is 0 Å². The van der Waals surface area contributed by atoms with E-state index >= 15 is 0 Å². The Balaban J connectivity index is 0.00000420. The number of guanidine groups is 1. The molecule has 0 saturated heterocycles. The summed E-state index contributed by atoms with van der Waals surface area (Å²) in [6.45, 7) is 3.97. The van der Waals surface area contributed by atoms with Gasteiger partial charge in [0.05, 0.1) is 19.8 Å². The Morgan fingerprint density at radius 3 is 2.31 bits per heavy atom. The third-order valence-corrected chi connectivity index (χ3v) is 4.53. The van der Waals surface area contributed by atoms with Crippen LogP contribution in [0.5, 0.6) is 11.5 Å². The summed E-state index contributed by atoms with van der Waals surface area (Å²) in [4.78, 5) is 6.52. The summed E-state index contributed by atoms with van der Waals surface area (Å²) >= 11 is 0. The second-order valence-corrected chi connectivity index (χ2v) is 6.57. The lowest BCUT2D eigenvalue weighted by Crippen LogP contribution is -2.41. The second kappa shape index (κ2) is 13.3. The van der Waals surface area contributed by atoms with Crippen molar-refractivity contribution in [3.05, 3.63) is 59.7 Å². The molecule has 160 valence electrons. The van der Waals surface area contributed by atoms with E-state index in [9.17, 15) is 0 Å². The first-order chi connectivity index (χ1) is 13.6. The summed E-state index contributed by atoms with van der Waals surface area (Å²) < 4.78 is 11.2.